The molecule has 156 valence electrons. The first-order valence-electron chi connectivity index (χ1n) is 10.0. The Morgan fingerprint density at radius 2 is 1.70 bits per heavy atom. The predicted molar refractivity (Wildman–Crippen MR) is 105 cm³/mol. The Hall–Kier alpha value is -1.35. The van der Waals surface area contributed by atoms with E-state index in [9.17, 15) is 18.0 Å². The molecular formula is C18H34N4O4S. The minimum Gasteiger partial charge on any atom is -0.343 e. The molecule has 8 nitrogen and oxygen atoms in total. The smallest absolute Gasteiger partial charge is 0.315 e. The summed E-state index contributed by atoms with van der Waals surface area (Å²) in [5.41, 5.74) is 0. The Kier molecular flexibility index (Phi) is 8.34. The number of sulfonamides is 1. The normalized spacial score (nSPS) is 19.9. The molecule has 27 heavy (non-hydrogen) atoms. The number of hydrogen-bond donors (Lipinski definition) is 2. The standard InChI is InChI=1S/C18H34N4O4S/c1-21(27(2,25)26)16-10-13-22(14-11-16)17(23)9-6-12-19-18(24)20-15-7-4-3-5-8-15/h15-16H,3-14H2,1-2H3,(H2,19,20,24). The van der Waals surface area contributed by atoms with Crippen LogP contribution < -0.4 is 10.6 Å². The molecular weight excluding hydrogens is 368 g/mol. The Morgan fingerprint density at radius 1 is 1.07 bits per heavy atom. The molecule has 0 bridgehead atoms. The molecule has 0 aromatic heterocycles. The summed E-state index contributed by atoms with van der Waals surface area (Å²) in [7, 11) is -1.59. The van der Waals surface area contributed by atoms with Gasteiger partial charge in [-0.25, -0.2) is 17.5 Å². The maximum absolute atomic E-state index is 12.3. The summed E-state index contributed by atoms with van der Waals surface area (Å²) in [6.07, 6.45) is 9.26. The highest BCUT2D eigenvalue weighted by Crippen LogP contribution is 2.18. The zero-order valence-corrected chi connectivity index (χ0v) is 17.4. The number of urea groups is 1. The minimum absolute atomic E-state index is 0.0331. The molecule has 1 heterocycles. The number of nitrogens with zero attached hydrogens (tertiary/aromatic N) is 2. The second-order valence-electron chi connectivity index (χ2n) is 7.73. The van der Waals surface area contributed by atoms with Crippen LogP contribution in [0.1, 0.15) is 57.8 Å². The van der Waals surface area contributed by atoms with Gasteiger partial charge in [0.2, 0.25) is 15.9 Å². The van der Waals surface area contributed by atoms with Crippen LogP contribution in [-0.2, 0) is 14.8 Å². The van der Waals surface area contributed by atoms with Crippen LogP contribution in [-0.4, -0.2) is 74.6 Å². The van der Waals surface area contributed by atoms with Crippen molar-refractivity contribution in [1.29, 1.82) is 0 Å². The van der Waals surface area contributed by atoms with Gasteiger partial charge in [0.1, 0.15) is 0 Å². The van der Waals surface area contributed by atoms with Crippen LogP contribution >= 0.6 is 0 Å². The third-order valence-corrected chi connectivity index (χ3v) is 6.99. The van der Waals surface area contributed by atoms with E-state index in [2.05, 4.69) is 10.6 Å². The van der Waals surface area contributed by atoms with E-state index in [1.54, 1.807) is 11.9 Å². The van der Waals surface area contributed by atoms with Crippen LogP contribution in [0.25, 0.3) is 0 Å². The van der Waals surface area contributed by atoms with Crippen molar-refractivity contribution in [2.45, 2.75) is 69.9 Å². The van der Waals surface area contributed by atoms with Gasteiger partial charge in [-0.15, -0.1) is 0 Å². The molecule has 2 aliphatic rings. The molecule has 2 N–H and O–H groups in total. The van der Waals surface area contributed by atoms with E-state index in [1.165, 1.54) is 29.8 Å². The quantitative estimate of drug-likeness (QED) is 0.627. The monoisotopic (exact) mass is 402 g/mol. The number of carbonyl (C=O) groups is 2. The lowest BCUT2D eigenvalue weighted by molar-refractivity contribution is -0.132. The van der Waals surface area contributed by atoms with Crippen LogP contribution in [0.3, 0.4) is 0 Å². The van der Waals surface area contributed by atoms with Gasteiger partial charge in [0, 0.05) is 45.2 Å². The van der Waals surface area contributed by atoms with Crippen molar-refractivity contribution in [3.8, 4) is 0 Å². The van der Waals surface area contributed by atoms with Crippen LogP contribution in [0.4, 0.5) is 4.79 Å². The third kappa shape index (κ3) is 7.29. The van der Waals surface area contributed by atoms with Gasteiger partial charge in [0.25, 0.3) is 0 Å². The molecule has 2 fully saturated rings. The van der Waals surface area contributed by atoms with Crippen molar-refractivity contribution in [3.63, 3.8) is 0 Å². The summed E-state index contributed by atoms with van der Waals surface area (Å²) in [5.74, 6) is 0.0740. The number of likely N-dealkylation sites (tertiary alicyclic amines) is 1. The van der Waals surface area contributed by atoms with Gasteiger partial charge in [0.15, 0.2) is 0 Å². The van der Waals surface area contributed by atoms with Crippen molar-refractivity contribution in [2.75, 3.05) is 32.9 Å². The Bertz CT molecular complexity index is 596. The molecule has 0 aromatic carbocycles. The van der Waals surface area contributed by atoms with Gasteiger partial charge in [-0.2, -0.15) is 0 Å². The molecule has 0 radical (unpaired) electrons. The van der Waals surface area contributed by atoms with Gasteiger partial charge < -0.3 is 15.5 Å². The first-order chi connectivity index (χ1) is 12.8. The minimum atomic E-state index is -3.19. The second-order valence-corrected chi connectivity index (χ2v) is 9.77. The van der Waals surface area contributed by atoms with E-state index < -0.39 is 10.0 Å². The molecule has 0 atom stereocenters. The molecule has 0 aromatic rings. The number of carbonyl (C=O) groups excluding carboxylic acids is 2. The summed E-state index contributed by atoms with van der Waals surface area (Å²) >= 11 is 0. The molecule has 0 spiro atoms. The highest BCUT2D eigenvalue weighted by Gasteiger charge is 2.28. The Balaban J connectivity index is 1.59. The van der Waals surface area contributed by atoms with E-state index in [-0.39, 0.29) is 24.0 Å². The average Bonchev–Trinajstić information content (AvgIpc) is 2.64. The van der Waals surface area contributed by atoms with Crippen molar-refractivity contribution >= 4 is 22.0 Å². The zero-order valence-electron chi connectivity index (χ0n) is 16.6. The van der Waals surface area contributed by atoms with Crippen molar-refractivity contribution < 1.29 is 18.0 Å². The maximum atomic E-state index is 12.3. The van der Waals surface area contributed by atoms with E-state index in [1.807, 2.05) is 0 Å². The van der Waals surface area contributed by atoms with E-state index in [0.717, 1.165) is 12.8 Å². The van der Waals surface area contributed by atoms with Gasteiger partial charge in [0.05, 0.1) is 6.26 Å². The zero-order chi connectivity index (χ0) is 19.9. The maximum Gasteiger partial charge on any atom is 0.315 e. The van der Waals surface area contributed by atoms with Crippen molar-refractivity contribution in [2.24, 2.45) is 0 Å². The Morgan fingerprint density at radius 3 is 2.30 bits per heavy atom. The molecule has 1 aliphatic heterocycles. The molecule has 1 saturated heterocycles. The molecule has 9 heteroatoms. The van der Waals surface area contributed by atoms with Crippen LogP contribution in [0, 0.1) is 0 Å². The SMILES string of the molecule is CN(C1CCN(C(=O)CCCNC(=O)NC2CCCCC2)CC1)S(C)(=O)=O. The molecule has 1 aliphatic carbocycles. The highest BCUT2D eigenvalue weighted by molar-refractivity contribution is 7.88. The highest BCUT2D eigenvalue weighted by atomic mass is 32.2. The van der Waals surface area contributed by atoms with Gasteiger partial charge >= 0.3 is 6.03 Å². The van der Waals surface area contributed by atoms with Crippen molar-refractivity contribution in [1.82, 2.24) is 19.8 Å². The third-order valence-electron chi connectivity index (χ3n) is 5.65. The molecule has 0 unspecified atom stereocenters. The second kappa shape index (κ2) is 10.3. The predicted octanol–water partition coefficient (Wildman–Crippen LogP) is 1.28. The summed E-state index contributed by atoms with van der Waals surface area (Å²) < 4.78 is 24.6. The first-order valence-corrected chi connectivity index (χ1v) is 11.9. The van der Waals surface area contributed by atoms with E-state index >= 15 is 0 Å². The van der Waals surface area contributed by atoms with Gasteiger partial charge in [-0.3, -0.25) is 4.79 Å². The number of rotatable bonds is 7. The van der Waals surface area contributed by atoms with Gasteiger partial charge in [-0.05, 0) is 32.1 Å². The van der Waals surface area contributed by atoms with Crippen LogP contribution in [0.15, 0.2) is 0 Å². The lowest BCUT2D eigenvalue weighted by atomic mass is 9.96. The summed E-state index contributed by atoms with van der Waals surface area (Å²) in [5, 5.41) is 5.83. The molecule has 3 amide bonds. The first kappa shape index (κ1) is 21.9. The lowest BCUT2D eigenvalue weighted by Gasteiger charge is -2.35. The topological polar surface area (TPSA) is 98.8 Å². The van der Waals surface area contributed by atoms with Gasteiger partial charge in [-0.1, -0.05) is 19.3 Å². The fourth-order valence-electron chi connectivity index (χ4n) is 3.83. The lowest BCUT2D eigenvalue weighted by Crippen LogP contribution is -2.47. The summed E-state index contributed by atoms with van der Waals surface area (Å²) in [6.45, 7) is 1.65. The van der Waals surface area contributed by atoms with Crippen LogP contribution in [0.2, 0.25) is 0 Å². The number of amides is 3. The largest absolute Gasteiger partial charge is 0.343 e. The fraction of sp³-hybridized carbons (Fsp3) is 0.889. The molecule has 2 rings (SSSR count). The summed E-state index contributed by atoms with van der Waals surface area (Å²) in [6, 6.07) is 0.111. The summed E-state index contributed by atoms with van der Waals surface area (Å²) in [4.78, 5) is 26.0. The molecule has 1 saturated carbocycles. The fourth-order valence-corrected chi connectivity index (χ4v) is 4.59. The number of hydrogen-bond acceptors (Lipinski definition) is 4. The average molecular weight is 403 g/mol. The number of piperidine rings is 1. The van der Waals surface area contributed by atoms with E-state index in [4.69, 9.17) is 0 Å². The van der Waals surface area contributed by atoms with Crippen molar-refractivity contribution in [3.05, 3.63) is 0 Å². The van der Waals surface area contributed by atoms with E-state index in [0.29, 0.717) is 45.3 Å². The van der Waals surface area contributed by atoms with Crippen LogP contribution in [0.5, 0.6) is 0 Å². The number of nitrogens with one attached hydrogen (secondary N) is 2. The Labute approximate surface area is 163 Å².